The molecule has 10 heteroatoms. The molecule has 1 aliphatic rings. The third-order valence-electron chi connectivity index (χ3n) is 6.15. The highest BCUT2D eigenvalue weighted by Crippen LogP contribution is 2.36. The molecule has 1 aliphatic heterocycles. The first-order valence-corrected chi connectivity index (χ1v) is 13.9. The molecule has 0 spiro atoms. The summed E-state index contributed by atoms with van der Waals surface area (Å²) in [5.74, 6) is -0.0701. The van der Waals surface area contributed by atoms with Gasteiger partial charge in [0.05, 0.1) is 40.6 Å². The Morgan fingerprint density at radius 1 is 1.18 bits per heavy atom. The standard InChI is InChI=1S/C29H22BrClN2O5S/c1-3-38-28(36)23-24(16-7-5-4-6-8-16)32-29-33(25(23)17-9-11-20(37-2)12-10-17)27(35)22(39-29)14-18-13-19(30)15-21(31)26(18)34/h4-15,25,34H,3H2,1-2H3/b22-14-/t25-/m1/s1. The SMILES string of the molecule is CCOC(=O)C1=C(c2ccccc2)N=c2s/c(=C\c3cc(Br)cc(Cl)c3O)c(=O)n2[C@@H]1c1ccc(OC)cc1. The number of aromatic hydroxyl groups is 1. The molecule has 2 heterocycles. The van der Waals surface area contributed by atoms with Crippen LogP contribution in [0.5, 0.6) is 11.5 Å². The second-order valence-corrected chi connectivity index (χ2v) is 10.9. The first-order chi connectivity index (χ1) is 18.8. The first kappa shape index (κ1) is 26.9. The van der Waals surface area contributed by atoms with E-state index in [-0.39, 0.29) is 28.5 Å². The predicted molar refractivity (Wildman–Crippen MR) is 155 cm³/mol. The normalized spacial score (nSPS) is 15.1. The molecule has 0 unspecified atom stereocenters. The van der Waals surface area contributed by atoms with Crippen molar-refractivity contribution in [1.29, 1.82) is 0 Å². The van der Waals surface area contributed by atoms with Gasteiger partial charge in [0.25, 0.3) is 5.56 Å². The van der Waals surface area contributed by atoms with Gasteiger partial charge in [0, 0.05) is 15.6 Å². The van der Waals surface area contributed by atoms with Crippen LogP contribution in [0.3, 0.4) is 0 Å². The van der Waals surface area contributed by atoms with E-state index in [1.165, 1.54) is 4.57 Å². The minimum Gasteiger partial charge on any atom is -0.506 e. The summed E-state index contributed by atoms with van der Waals surface area (Å²) in [6, 6.07) is 18.9. The first-order valence-electron chi connectivity index (χ1n) is 11.9. The van der Waals surface area contributed by atoms with Gasteiger partial charge in [0.1, 0.15) is 11.5 Å². The fourth-order valence-corrected chi connectivity index (χ4v) is 6.20. The lowest BCUT2D eigenvalue weighted by molar-refractivity contribution is -0.138. The average Bonchev–Trinajstić information content (AvgIpc) is 3.25. The molecule has 39 heavy (non-hydrogen) atoms. The molecule has 7 nitrogen and oxygen atoms in total. The van der Waals surface area contributed by atoms with Crippen LogP contribution in [0.1, 0.15) is 29.7 Å². The van der Waals surface area contributed by atoms with E-state index in [1.807, 2.05) is 42.5 Å². The lowest BCUT2D eigenvalue weighted by atomic mass is 9.93. The number of fused-ring (bicyclic) bond motifs is 1. The second kappa shape index (κ2) is 11.2. The third kappa shape index (κ3) is 5.17. The minimum absolute atomic E-state index is 0.144. The van der Waals surface area contributed by atoms with Gasteiger partial charge in [-0.1, -0.05) is 81.3 Å². The third-order valence-corrected chi connectivity index (χ3v) is 7.88. The number of esters is 1. The van der Waals surface area contributed by atoms with Gasteiger partial charge < -0.3 is 14.6 Å². The van der Waals surface area contributed by atoms with Crippen LogP contribution >= 0.6 is 38.9 Å². The summed E-state index contributed by atoms with van der Waals surface area (Å²) in [4.78, 5) is 32.6. The molecule has 198 valence electrons. The van der Waals surface area contributed by atoms with Gasteiger partial charge in [-0.2, -0.15) is 0 Å². The highest BCUT2D eigenvalue weighted by atomic mass is 79.9. The molecule has 4 aromatic rings. The van der Waals surface area contributed by atoms with Gasteiger partial charge in [0.15, 0.2) is 4.80 Å². The maximum Gasteiger partial charge on any atom is 0.338 e. The predicted octanol–water partition coefficient (Wildman–Crippen LogP) is 5.07. The number of methoxy groups -OCH3 is 1. The number of aromatic nitrogens is 1. The number of nitrogens with zero attached hydrogens (tertiary/aromatic N) is 2. The van der Waals surface area contributed by atoms with E-state index in [0.717, 1.165) is 11.3 Å². The number of carbonyl (C=O) groups is 1. The molecular weight excluding hydrogens is 604 g/mol. The molecule has 0 bridgehead atoms. The van der Waals surface area contributed by atoms with Crippen molar-refractivity contribution in [3.8, 4) is 11.5 Å². The van der Waals surface area contributed by atoms with E-state index in [0.29, 0.717) is 41.9 Å². The zero-order chi connectivity index (χ0) is 27.7. The Hall–Kier alpha value is -3.66. The van der Waals surface area contributed by atoms with Crippen LogP contribution in [0.15, 0.2) is 86.6 Å². The summed E-state index contributed by atoms with van der Waals surface area (Å²) in [7, 11) is 1.57. The Morgan fingerprint density at radius 3 is 2.56 bits per heavy atom. The van der Waals surface area contributed by atoms with E-state index in [4.69, 9.17) is 26.1 Å². The highest BCUT2D eigenvalue weighted by molar-refractivity contribution is 9.10. The summed E-state index contributed by atoms with van der Waals surface area (Å²) in [5, 5.41) is 10.7. The van der Waals surface area contributed by atoms with E-state index < -0.39 is 12.0 Å². The molecule has 1 N–H and O–H groups in total. The quantitative estimate of drug-likeness (QED) is 0.303. The van der Waals surface area contributed by atoms with Gasteiger partial charge in [-0.15, -0.1) is 0 Å². The molecule has 0 amide bonds. The zero-order valence-corrected chi connectivity index (χ0v) is 24.0. The van der Waals surface area contributed by atoms with Crippen molar-refractivity contribution in [2.75, 3.05) is 13.7 Å². The smallest absolute Gasteiger partial charge is 0.338 e. The number of phenols is 1. The topological polar surface area (TPSA) is 90.1 Å². The van der Waals surface area contributed by atoms with E-state index in [2.05, 4.69) is 15.9 Å². The number of rotatable bonds is 6. The van der Waals surface area contributed by atoms with Crippen molar-refractivity contribution < 1.29 is 19.4 Å². The molecule has 0 aliphatic carbocycles. The van der Waals surface area contributed by atoms with Crippen molar-refractivity contribution in [3.63, 3.8) is 0 Å². The summed E-state index contributed by atoms with van der Waals surface area (Å²) < 4.78 is 13.3. The van der Waals surface area contributed by atoms with E-state index in [9.17, 15) is 14.7 Å². The lowest BCUT2D eigenvalue weighted by Gasteiger charge is -2.26. The van der Waals surface area contributed by atoms with Gasteiger partial charge in [0.2, 0.25) is 0 Å². The Kier molecular flexibility index (Phi) is 7.74. The van der Waals surface area contributed by atoms with Crippen LogP contribution in [-0.2, 0) is 9.53 Å². The number of ether oxygens (including phenoxy) is 2. The van der Waals surface area contributed by atoms with Crippen molar-refractivity contribution in [2.45, 2.75) is 13.0 Å². The van der Waals surface area contributed by atoms with Gasteiger partial charge in [-0.25, -0.2) is 9.79 Å². The van der Waals surface area contributed by atoms with E-state index in [1.54, 1.807) is 44.4 Å². The summed E-state index contributed by atoms with van der Waals surface area (Å²) >= 11 is 10.7. The molecule has 1 atom stereocenters. The zero-order valence-electron chi connectivity index (χ0n) is 20.9. The molecule has 0 radical (unpaired) electrons. The maximum absolute atomic E-state index is 13.9. The number of benzene rings is 3. The largest absolute Gasteiger partial charge is 0.506 e. The summed E-state index contributed by atoms with van der Waals surface area (Å²) in [5.41, 5.74) is 2.07. The highest BCUT2D eigenvalue weighted by Gasteiger charge is 2.35. The second-order valence-electron chi connectivity index (χ2n) is 8.53. The molecule has 0 saturated heterocycles. The molecule has 3 aromatic carbocycles. The lowest BCUT2D eigenvalue weighted by Crippen LogP contribution is -2.40. The van der Waals surface area contributed by atoms with Crippen LogP contribution < -0.4 is 19.6 Å². The van der Waals surface area contributed by atoms with Crippen LogP contribution in [0.25, 0.3) is 11.8 Å². The molecule has 0 saturated carbocycles. The number of phenolic OH excluding ortho intramolecular Hbond substituents is 1. The van der Waals surface area contributed by atoms with Gasteiger partial charge in [-0.05, 0) is 42.8 Å². The number of hydrogen-bond donors (Lipinski definition) is 1. The fourth-order valence-electron chi connectivity index (χ4n) is 4.38. The monoisotopic (exact) mass is 624 g/mol. The van der Waals surface area contributed by atoms with Crippen molar-refractivity contribution in [3.05, 3.63) is 118 Å². The van der Waals surface area contributed by atoms with Crippen molar-refractivity contribution in [1.82, 2.24) is 4.57 Å². The minimum atomic E-state index is -0.816. The molecule has 5 rings (SSSR count). The Labute approximate surface area is 241 Å². The van der Waals surface area contributed by atoms with Crippen LogP contribution in [0, 0.1) is 0 Å². The summed E-state index contributed by atoms with van der Waals surface area (Å²) in [6.45, 7) is 1.89. The number of halogens is 2. The number of hydrogen-bond acceptors (Lipinski definition) is 7. The Bertz CT molecular complexity index is 1780. The maximum atomic E-state index is 13.9. The molecular formula is C29H22BrClN2O5S. The molecule has 1 aromatic heterocycles. The van der Waals surface area contributed by atoms with Gasteiger partial charge in [-0.3, -0.25) is 9.36 Å². The van der Waals surface area contributed by atoms with Crippen LogP contribution in [0.2, 0.25) is 5.02 Å². The molecule has 0 fully saturated rings. The Balaban J connectivity index is 1.84. The van der Waals surface area contributed by atoms with Crippen LogP contribution in [0.4, 0.5) is 0 Å². The Morgan fingerprint density at radius 2 is 1.90 bits per heavy atom. The van der Waals surface area contributed by atoms with E-state index >= 15 is 0 Å². The number of carbonyl (C=O) groups excluding carboxylic acids is 1. The summed E-state index contributed by atoms with van der Waals surface area (Å²) in [6.07, 6.45) is 1.57. The average molecular weight is 626 g/mol. The van der Waals surface area contributed by atoms with Crippen molar-refractivity contribution in [2.24, 2.45) is 4.99 Å². The van der Waals surface area contributed by atoms with Crippen LogP contribution in [-0.4, -0.2) is 29.4 Å². The van der Waals surface area contributed by atoms with Crippen molar-refractivity contribution >= 4 is 56.6 Å². The number of thiazole rings is 1. The van der Waals surface area contributed by atoms with Gasteiger partial charge >= 0.3 is 5.97 Å². The fraction of sp³-hybridized carbons (Fsp3) is 0.138.